The maximum Gasteiger partial charge on any atom is -0.00262 e. The van der Waals surface area contributed by atoms with E-state index in [0.717, 1.165) is 0 Å². The smallest absolute Gasteiger partial charge is 0.00262 e. The lowest BCUT2D eigenvalue weighted by molar-refractivity contribution is 1.60. The van der Waals surface area contributed by atoms with E-state index in [9.17, 15) is 0 Å². The van der Waals surface area contributed by atoms with Gasteiger partial charge in [-0.05, 0) is 232 Å². The molecule has 0 saturated heterocycles. The molecule has 0 spiro atoms. The molecule has 0 unspecified atom stereocenters. The third-order valence-electron chi connectivity index (χ3n) is 23.7. The van der Waals surface area contributed by atoms with E-state index < -0.39 is 0 Å². The minimum atomic E-state index is 1.21. The summed E-state index contributed by atoms with van der Waals surface area (Å²) in [6, 6.07) is 169. The second kappa shape index (κ2) is 29.9. The maximum atomic E-state index is 2.35. The van der Waals surface area contributed by atoms with Gasteiger partial charge in [0, 0.05) is 0 Å². The lowest BCUT2D eigenvalue weighted by Crippen LogP contribution is -1.92. The Labute approximate surface area is 676 Å². The van der Waals surface area contributed by atoms with Gasteiger partial charge in [-0.15, -0.1) is 0 Å². The monoisotopic (exact) mass is 1470 g/mol. The van der Waals surface area contributed by atoms with Crippen LogP contribution in [-0.4, -0.2) is 0 Å². The fourth-order valence-electron chi connectivity index (χ4n) is 18.5. The molecule has 0 heterocycles. The molecule has 0 heteroatoms. The summed E-state index contributed by atoms with van der Waals surface area (Å²) in [5.41, 5.74) is 29.7. The number of hydrogen-bond donors (Lipinski definition) is 0. The number of benzene rings is 22. The zero-order chi connectivity index (χ0) is 76.8. The van der Waals surface area contributed by atoms with Gasteiger partial charge in [-0.2, -0.15) is 0 Å². The van der Waals surface area contributed by atoms with Crippen molar-refractivity contribution in [3.8, 4) is 134 Å². The van der Waals surface area contributed by atoms with Crippen molar-refractivity contribution in [2.45, 2.75) is 0 Å². The molecule has 0 aliphatic carbocycles. The minimum absolute atomic E-state index is 1.21. The first-order valence-electron chi connectivity index (χ1n) is 40.2. The van der Waals surface area contributed by atoms with Crippen LogP contribution in [0.1, 0.15) is 0 Å². The van der Waals surface area contributed by atoms with Crippen LogP contribution in [0.2, 0.25) is 0 Å². The number of fused-ring (bicyclic) bond motifs is 8. The van der Waals surface area contributed by atoms with Crippen LogP contribution in [0.3, 0.4) is 0 Å². The molecule has 22 rings (SSSR count). The molecule has 0 N–H and O–H groups in total. The number of rotatable bonds is 12. The van der Waals surface area contributed by atoms with Crippen LogP contribution in [0.4, 0.5) is 0 Å². The summed E-state index contributed by atoms with van der Waals surface area (Å²) in [5, 5.41) is 20.1. The van der Waals surface area contributed by atoms with Crippen LogP contribution >= 0.6 is 0 Å². The van der Waals surface area contributed by atoms with E-state index in [1.165, 1.54) is 220 Å². The highest BCUT2D eigenvalue weighted by atomic mass is 14.3. The van der Waals surface area contributed by atoms with Gasteiger partial charge in [0.25, 0.3) is 0 Å². The Bertz CT molecular complexity index is 6790. The van der Waals surface area contributed by atoms with Crippen molar-refractivity contribution in [2.24, 2.45) is 0 Å². The average molecular weight is 1470 g/mol. The molecule has 0 nitrogen and oxygen atoms in total. The molecule has 0 aliphatic rings. The quantitative estimate of drug-likeness (QED) is 0.107. The van der Waals surface area contributed by atoms with Gasteiger partial charge in [-0.3, -0.25) is 0 Å². The SMILES string of the molecule is c1ccc(-c2ccc(-c3c4ccccc4c(-c4ccc(-c5c6ccccc6c(-c6ccc(-c7ccccc7)cc6)c6ccccc56)cc4)c4ccccc34)cc2)cc1.c1ccc(-c2cccc(-c3c4ccccc4c(-c4ccc(-c5c6ccccc6c(-c6cccc(-c7ccccc7)c6)c6ccccc56)cc4)c4ccccc34)c2)cc1. The van der Waals surface area contributed by atoms with Crippen LogP contribution < -0.4 is 0 Å². The van der Waals surface area contributed by atoms with Crippen LogP contribution in [0.25, 0.3) is 220 Å². The predicted octanol–water partition coefficient (Wildman–Crippen LogP) is 32.6. The second-order valence-electron chi connectivity index (χ2n) is 30.3. The van der Waals surface area contributed by atoms with Crippen LogP contribution in [-0.2, 0) is 0 Å². The lowest BCUT2D eigenvalue weighted by atomic mass is 9.84. The van der Waals surface area contributed by atoms with Gasteiger partial charge in [-0.25, -0.2) is 0 Å². The van der Waals surface area contributed by atoms with Crippen molar-refractivity contribution in [2.75, 3.05) is 0 Å². The molecule has 0 fully saturated rings. The zero-order valence-corrected chi connectivity index (χ0v) is 63.9. The van der Waals surface area contributed by atoms with Gasteiger partial charge in [0.2, 0.25) is 0 Å². The van der Waals surface area contributed by atoms with Crippen molar-refractivity contribution in [1.29, 1.82) is 0 Å². The normalized spacial score (nSPS) is 11.4. The standard InChI is InChI=1S/2C58H38/c1-3-17-39(18-4-1)43-21-15-23-45(37-43)57-51-29-11-7-25-47(51)55(48-26-8-12-30-52(48)57)41-33-35-42(36-34-41)56-49-27-9-13-31-53(49)58(54-32-14-10-28-50(54)56)46-24-16-22-44(38-46)40-19-5-2-6-20-40;1-3-15-39(16-4-1)41-27-31-43(32-28-41)55-47-19-7-11-23-51(47)57(52-24-12-8-20-48(52)55)45-35-37-46(38-36-45)58-53-25-13-9-21-49(53)56(50-22-10-14-26-54(50)58)44-33-29-42(30-34-44)40-17-5-2-6-18-40/h2*1-38H. The Morgan fingerprint density at radius 3 is 0.353 bits per heavy atom. The van der Waals surface area contributed by atoms with E-state index in [1.807, 2.05) is 0 Å². The molecule has 0 saturated carbocycles. The highest BCUT2D eigenvalue weighted by molar-refractivity contribution is 6.26. The molecule has 0 aliphatic heterocycles. The van der Waals surface area contributed by atoms with Gasteiger partial charge < -0.3 is 0 Å². The summed E-state index contributed by atoms with van der Waals surface area (Å²) in [6.07, 6.45) is 0. The van der Waals surface area contributed by atoms with Crippen molar-refractivity contribution >= 4 is 86.2 Å². The number of hydrogen-bond acceptors (Lipinski definition) is 0. The molecule has 116 heavy (non-hydrogen) atoms. The van der Waals surface area contributed by atoms with Crippen molar-refractivity contribution < 1.29 is 0 Å². The van der Waals surface area contributed by atoms with Crippen molar-refractivity contribution in [3.63, 3.8) is 0 Å². The van der Waals surface area contributed by atoms with E-state index in [0.29, 0.717) is 0 Å². The third kappa shape index (κ3) is 12.4. The van der Waals surface area contributed by atoms with Gasteiger partial charge in [0.05, 0.1) is 0 Å². The Morgan fingerprint density at radius 1 is 0.0690 bits per heavy atom. The Hall–Kier alpha value is -15.1. The second-order valence-corrected chi connectivity index (χ2v) is 30.3. The third-order valence-corrected chi connectivity index (χ3v) is 23.7. The highest BCUT2D eigenvalue weighted by Crippen LogP contribution is 2.51. The van der Waals surface area contributed by atoms with Gasteiger partial charge in [0.1, 0.15) is 0 Å². The van der Waals surface area contributed by atoms with Gasteiger partial charge in [0.15, 0.2) is 0 Å². The summed E-state index contributed by atoms with van der Waals surface area (Å²) < 4.78 is 0. The summed E-state index contributed by atoms with van der Waals surface area (Å²) in [5.74, 6) is 0. The van der Waals surface area contributed by atoms with E-state index in [1.54, 1.807) is 0 Å². The minimum Gasteiger partial charge on any atom is -0.0622 e. The molecular weight excluding hydrogens is 1390 g/mol. The molecule has 0 bridgehead atoms. The maximum absolute atomic E-state index is 2.35. The average Bonchev–Trinajstić information content (AvgIpc) is 0.744. The summed E-state index contributed by atoms with van der Waals surface area (Å²) in [7, 11) is 0. The first-order valence-corrected chi connectivity index (χ1v) is 40.2. The van der Waals surface area contributed by atoms with E-state index >= 15 is 0 Å². The summed E-state index contributed by atoms with van der Waals surface area (Å²) in [4.78, 5) is 0. The Balaban J connectivity index is 0.000000145. The van der Waals surface area contributed by atoms with E-state index in [-0.39, 0.29) is 0 Å². The molecule has 0 amide bonds. The van der Waals surface area contributed by atoms with Crippen molar-refractivity contribution in [3.05, 3.63) is 461 Å². The van der Waals surface area contributed by atoms with E-state index in [4.69, 9.17) is 0 Å². The molecule has 22 aromatic rings. The predicted molar refractivity (Wildman–Crippen MR) is 498 cm³/mol. The van der Waals surface area contributed by atoms with Gasteiger partial charge in [-0.1, -0.05) is 449 Å². The largest absolute Gasteiger partial charge is 0.0622 e. The lowest BCUT2D eigenvalue weighted by Gasteiger charge is -2.19. The zero-order valence-electron chi connectivity index (χ0n) is 63.9. The van der Waals surface area contributed by atoms with Crippen LogP contribution in [0.15, 0.2) is 461 Å². The van der Waals surface area contributed by atoms with E-state index in [2.05, 4.69) is 461 Å². The molecule has 0 radical (unpaired) electrons. The molecule has 0 atom stereocenters. The summed E-state index contributed by atoms with van der Waals surface area (Å²) in [6.45, 7) is 0. The Morgan fingerprint density at radius 2 is 0.181 bits per heavy atom. The first kappa shape index (κ1) is 68.9. The van der Waals surface area contributed by atoms with Gasteiger partial charge >= 0.3 is 0 Å². The topological polar surface area (TPSA) is 0 Å². The molecule has 0 aromatic heterocycles. The molecule has 540 valence electrons. The van der Waals surface area contributed by atoms with Crippen molar-refractivity contribution in [1.82, 2.24) is 0 Å². The molecule has 22 aromatic carbocycles. The Kier molecular flexibility index (Phi) is 17.7. The first-order chi connectivity index (χ1) is 57.6. The molecular formula is C116H76. The highest BCUT2D eigenvalue weighted by Gasteiger charge is 2.24. The summed E-state index contributed by atoms with van der Waals surface area (Å²) >= 11 is 0. The fraction of sp³-hybridized carbons (Fsp3) is 0. The fourth-order valence-corrected chi connectivity index (χ4v) is 18.5. The van der Waals surface area contributed by atoms with Crippen LogP contribution in [0, 0.1) is 0 Å². The van der Waals surface area contributed by atoms with Crippen LogP contribution in [0.5, 0.6) is 0 Å².